The maximum Gasteiger partial charge on any atom is 0.226 e. The van der Waals surface area contributed by atoms with Crippen LogP contribution in [0.3, 0.4) is 0 Å². The van der Waals surface area contributed by atoms with Gasteiger partial charge in [-0.05, 0) is 57.9 Å². The van der Waals surface area contributed by atoms with E-state index in [4.69, 9.17) is 9.15 Å². The Kier molecular flexibility index (Phi) is 6.85. The number of carbonyl (C=O) groups excluding carboxylic acids is 1. The van der Waals surface area contributed by atoms with Gasteiger partial charge < -0.3 is 14.1 Å². The van der Waals surface area contributed by atoms with E-state index >= 15 is 0 Å². The van der Waals surface area contributed by atoms with Crippen LogP contribution in [0.25, 0.3) is 22.1 Å². The van der Waals surface area contributed by atoms with E-state index in [-0.39, 0.29) is 11.8 Å². The van der Waals surface area contributed by atoms with Crippen LogP contribution in [0.2, 0.25) is 0 Å². The predicted octanol–water partition coefficient (Wildman–Crippen LogP) is 5.50. The fraction of sp³-hybridized carbons (Fsp3) is 0.444. The van der Waals surface area contributed by atoms with E-state index in [0.29, 0.717) is 0 Å². The molecule has 2 aromatic carbocycles. The van der Waals surface area contributed by atoms with Crippen LogP contribution < -0.4 is 4.74 Å². The smallest absolute Gasteiger partial charge is 0.226 e. The van der Waals surface area contributed by atoms with Crippen LogP contribution >= 0.6 is 0 Å². The Morgan fingerprint density at radius 1 is 1.19 bits per heavy atom. The molecular weight excluding hydrogens is 400 g/mol. The fourth-order valence-corrected chi connectivity index (χ4v) is 5.00. The summed E-state index contributed by atoms with van der Waals surface area (Å²) < 4.78 is 12.0. The van der Waals surface area contributed by atoms with Crippen molar-refractivity contribution in [3.8, 4) is 16.9 Å². The third kappa shape index (κ3) is 4.40. The van der Waals surface area contributed by atoms with Crippen molar-refractivity contribution in [1.82, 2.24) is 9.80 Å². The second-order valence-corrected chi connectivity index (χ2v) is 8.64. The molecule has 2 heterocycles. The summed E-state index contributed by atoms with van der Waals surface area (Å²) in [6.45, 7) is 10.2. The Hall–Kier alpha value is -2.79. The van der Waals surface area contributed by atoms with Gasteiger partial charge in [-0.3, -0.25) is 9.69 Å². The van der Waals surface area contributed by atoms with Crippen LogP contribution in [0.4, 0.5) is 0 Å². The number of benzene rings is 2. The van der Waals surface area contributed by atoms with Crippen LogP contribution in [0.1, 0.15) is 38.0 Å². The molecule has 1 aliphatic heterocycles. The SMILES string of the molecule is CCN(CC)C(=O)[C@H]1CCCN(Cc2cc3oc(C)c(-c4ccccc4)c3cc2OC)C1. The van der Waals surface area contributed by atoms with Gasteiger partial charge in [-0.15, -0.1) is 0 Å². The maximum atomic E-state index is 12.9. The van der Waals surface area contributed by atoms with Gasteiger partial charge in [-0.2, -0.15) is 0 Å². The van der Waals surface area contributed by atoms with Crippen molar-refractivity contribution in [3.05, 3.63) is 53.8 Å². The minimum atomic E-state index is 0.0777. The first kappa shape index (κ1) is 22.4. The van der Waals surface area contributed by atoms with Gasteiger partial charge in [0.25, 0.3) is 0 Å². The third-order valence-electron chi connectivity index (χ3n) is 6.65. The molecule has 3 aromatic rings. The Morgan fingerprint density at radius 2 is 1.94 bits per heavy atom. The monoisotopic (exact) mass is 434 g/mol. The fourth-order valence-electron chi connectivity index (χ4n) is 5.00. The number of hydrogen-bond acceptors (Lipinski definition) is 4. The van der Waals surface area contributed by atoms with Gasteiger partial charge in [0, 0.05) is 42.7 Å². The number of fused-ring (bicyclic) bond motifs is 1. The Morgan fingerprint density at radius 3 is 2.62 bits per heavy atom. The highest BCUT2D eigenvalue weighted by molar-refractivity contribution is 5.97. The molecule has 5 heteroatoms. The maximum absolute atomic E-state index is 12.9. The number of aryl methyl sites for hydroxylation is 1. The van der Waals surface area contributed by atoms with Crippen molar-refractivity contribution in [2.75, 3.05) is 33.3 Å². The number of methoxy groups -OCH3 is 1. The van der Waals surface area contributed by atoms with E-state index in [2.05, 4.69) is 43.0 Å². The quantitative estimate of drug-likeness (QED) is 0.493. The molecule has 1 aliphatic rings. The molecule has 0 spiro atoms. The van der Waals surface area contributed by atoms with Crippen LogP contribution in [0, 0.1) is 12.8 Å². The minimum Gasteiger partial charge on any atom is -0.496 e. The van der Waals surface area contributed by atoms with Gasteiger partial charge in [0.15, 0.2) is 0 Å². The van der Waals surface area contributed by atoms with E-state index in [1.807, 2.05) is 30.0 Å². The highest BCUT2D eigenvalue weighted by Gasteiger charge is 2.29. The van der Waals surface area contributed by atoms with Gasteiger partial charge in [-0.1, -0.05) is 30.3 Å². The zero-order chi connectivity index (χ0) is 22.7. The second-order valence-electron chi connectivity index (χ2n) is 8.64. The second kappa shape index (κ2) is 9.78. The van der Waals surface area contributed by atoms with Gasteiger partial charge in [0.05, 0.1) is 13.0 Å². The van der Waals surface area contributed by atoms with Crippen molar-refractivity contribution in [3.63, 3.8) is 0 Å². The lowest BCUT2D eigenvalue weighted by atomic mass is 9.95. The first-order valence-electron chi connectivity index (χ1n) is 11.7. The van der Waals surface area contributed by atoms with E-state index in [1.165, 1.54) is 0 Å². The standard InChI is InChI=1S/C27H34N2O3/c1-5-29(6-2)27(30)21-13-10-14-28(17-21)18-22-15-25-23(16-24(22)31-4)26(19(3)32-25)20-11-8-7-9-12-20/h7-9,11-12,15-16,21H,5-6,10,13-14,17-18H2,1-4H3/t21-/m0/s1. The summed E-state index contributed by atoms with van der Waals surface area (Å²) >= 11 is 0. The van der Waals surface area contributed by atoms with Crippen molar-refractivity contribution in [2.24, 2.45) is 5.92 Å². The molecule has 1 aromatic heterocycles. The highest BCUT2D eigenvalue weighted by atomic mass is 16.5. The first-order valence-corrected chi connectivity index (χ1v) is 11.7. The molecule has 0 unspecified atom stereocenters. The van der Waals surface area contributed by atoms with Gasteiger partial charge in [0.1, 0.15) is 17.1 Å². The molecule has 0 saturated carbocycles. The molecule has 1 saturated heterocycles. The first-order chi connectivity index (χ1) is 15.5. The van der Waals surface area contributed by atoms with Crippen molar-refractivity contribution < 1.29 is 13.9 Å². The molecule has 0 N–H and O–H groups in total. The molecule has 1 fully saturated rings. The van der Waals surface area contributed by atoms with Crippen molar-refractivity contribution >= 4 is 16.9 Å². The zero-order valence-corrected chi connectivity index (χ0v) is 19.7. The Balaban J connectivity index is 1.60. The molecular formula is C27H34N2O3. The summed E-state index contributed by atoms with van der Waals surface area (Å²) in [5.74, 6) is 2.14. The zero-order valence-electron chi connectivity index (χ0n) is 19.7. The highest BCUT2D eigenvalue weighted by Crippen LogP contribution is 2.38. The van der Waals surface area contributed by atoms with Crippen LogP contribution in [-0.2, 0) is 11.3 Å². The summed E-state index contributed by atoms with van der Waals surface area (Å²) in [6.07, 6.45) is 2.01. The van der Waals surface area contributed by atoms with Crippen molar-refractivity contribution in [2.45, 2.75) is 40.2 Å². The van der Waals surface area contributed by atoms with Crippen LogP contribution in [-0.4, -0.2) is 49.0 Å². The molecule has 0 aliphatic carbocycles. The third-order valence-corrected chi connectivity index (χ3v) is 6.65. The number of carbonyl (C=O) groups is 1. The average Bonchev–Trinajstić information content (AvgIpc) is 3.14. The summed E-state index contributed by atoms with van der Waals surface area (Å²) in [5, 5.41) is 1.07. The lowest BCUT2D eigenvalue weighted by molar-refractivity contribution is -0.137. The Bertz CT molecular complexity index is 1070. The predicted molar refractivity (Wildman–Crippen MR) is 129 cm³/mol. The van der Waals surface area contributed by atoms with Gasteiger partial charge in [0.2, 0.25) is 5.91 Å². The number of hydrogen-bond donors (Lipinski definition) is 0. The van der Waals surface area contributed by atoms with Crippen LogP contribution in [0.5, 0.6) is 5.75 Å². The summed E-state index contributed by atoms with van der Waals surface area (Å²) in [4.78, 5) is 17.2. The molecule has 4 rings (SSSR count). The van der Waals surface area contributed by atoms with Crippen LogP contribution in [0.15, 0.2) is 46.9 Å². The number of nitrogens with zero attached hydrogens (tertiary/aromatic N) is 2. The summed E-state index contributed by atoms with van der Waals surface area (Å²) in [5.41, 5.74) is 4.25. The number of rotatable bonds is 7. The summed E-state index contributed by atoms with van der Waals surface area (Å²) in [7, 11) is 1.72. The lowest BCUT2D eigenvalue weighted by Crippen LogP contribution is -2.44. The number of likely N-dealkylation sites (tertiary alicyclic amines) is 1. The lowest BCUT2D eigenvalue weighted by Gasteiger charge is -2.34. The number of piperidine rings is 1. The molecule has 1 atom stereocenters. The Labute approximate surface area is 190 Å². The van der Waals surface area contributed by atoms with E-state index in [0.717, 1.165) is 84.7 Å². The van der Waals surface area contributed by atoms with Gasteiger partial charge in [-0.25, -0.2) is 0 Å². The van der Waals surface area contributed by atoms with E-state index in [1.54, 1.807) is 7.11 Å². The largest absolute Gasteiger partial charge is 0.496 e. The molecule has 32 heavy (non-hydrogen) atoms. The molecule has 170 valence electrons. The van der Waals surface area contributed by atoms with E-state index < -0.39 is 0 Å². The number of amides is 1. The molecule has 0 bridgehead atoms. The number of ether oxygens (including phenoxy) is 1. The minimum absolute atomic E-state index is 0.0777. The van der Waals surface area contributed by atoms with Crippen molar-refractivity contribution in [1.29, 1.82) is 0 Å². The molecule has 0 radical (unpaired) electrons. The summed E-state index contributed by atoms with van der Waals surface area (Å²) in [6, 6.07) is 14.6. The van der Waals surface area contributed by atoms with E-state index in [9.17, 15) is 4.79 Å². The molecule has 5 nitrogen and oxygen atoms in total. The normalized spacial score (nSPS) is 16.9. The molecule has 1 amide bonds. The van der Waals surface area contributed by atoms with Gasteiger partial charge >= 0.3 is 0 Å². The average molecular weight is 435 g/mol. The number of furan rings is 1. The topological polar surface area (TPSA) is 45.9 Å².